The van der Waals surface area contributed by atoms with Gasteiger partial charge < -0.3 is 0 Å². The summed E-state index contributed by atoms with van der Waals surface area (Å²) >= 11 is 0. The molecular formula is C9H11FN2. The summed E-state index contributed by atoms with van der Waals surface area (Å²) in [7, 11) is 0. The van der Waals surface area contributed by atoms with Crippen molar-refractivity contribution in [2.24, 2.45) is 0 Å². The maximum absolute atomic E-state index is 12.4. The highest BCUT2D eigenvalue weighted by atomic mass is 19.1. The average Bonchev–Trinajstić information content (AvgIpc) is 2.47. The number of rotatable bonds is 3. The van der Waals surface area contributed by atoms with E-state index in [-0.39, 0.29) is 0 Å². The van der Waals surface area contributed by atoms with Crippen molar-refractivity contribution in [3.63, 3.8) is 0 Å². The van der Waals surface area contributed by atoms with Crippen LogP contribution in [0.1, 0.15) is 19.0 Å². The summed E-state index contributed by atoms with van der Waals surface area (Å²) in [5.74, 6) is 2.48. The molecule has 0 N–H and O–H groups in total. The monoisotopic (exact) mass is 166 g/mol. The van der Waals surface area contributed by atoms with Crippen LogP contribution in [0, 0.1) is 12.3 Å². The molecule has 2 nitrogen and oxygen atoms in total. The van der Waals surface area contributed by atoms with Crippen molar-refractivity contribution in [2.45, 2.75) is 26.1 Å². The Bertz CT molecular complexity index is 283. The van der Waals surface area contributed by atoms with Crippen molar-refractivity contribution < 1.29 is 4.39 Å². The summed E-state index contributed by atoms with van der Waals surface area (Å²) in [4.78, 5) is 0. The van der Waals surface area contributed by atoms with E-state index in [0.29, 0.717) is 18.7 Å². The molecule has 0 bridgehead atoms. The van der Waals surface area contributed by atoms with Crippen molar-refractivity contribution in [1.82, 2.24) is 9.78 Å². The molecule has 12 heavy (non-hydrogen) atoms. The molecule has 0 spiro atoms. The second-order valence-corrected chi connectivity index (χ2v) is 2.65. The van der Waals surface area contributed by atoms with Crippen LogP contribution in [-0.2, 0) is 6.54 Å². The SMILES string of the molecule is C#Cc1ccnn1CCC(C)F. The van der Waals surface area contributed by atoms with Crippen LogP contribution in [0.2, 0.25) is 0 Å². The molecule has 1 rings (SSSR count). The van der Waals surface area contributed by atoms with E-state index in [0.717, 1.165) is 0 Å². The number of alkyl halides is 1. The van der Waals surface area contributed by atoms with Gasteiger partial charge in [-0.15, -0.1) is 6.42 Å². The smallest absolute Gasteiger partial charge is 0.110 e. The molecule has 0 aliphatic heterocycles. The standard InChI is InChI=1S/C9H11FN2/c1-3-9-4-6-11-12(9)7-5-8(2)10/h1,4,6,8H,5,7H2,2H3. The van der Waals surface area contributed by atoms with Crippen molar-refractivity contribution in [3.8, 4) is 12.3 Å². The third-order valence-corrected chi connectivity index (χ3v) is 1.60. The topological polar surface area (TPSA) is 17.8 Å². The Kier molecular flexibility index (Phi) is 2.87. The van der Waals surface area contributed by atoms with Gasteiger partial charge in [-0.3, -0.25) is 4.68 Å². The van der Waals surface area contributed by atoms with Crippen LogP contribution in [0.25, 0.3) is 0 Å². The maximum atomic E-state index is 12.4. The second-order valence-electron chi connectivity index (χ2n) is 2.65. The van der Waals surface area contributed by atoms with E-state index < -0.39 is 6.17 Å². The Hall–Kier alpha value is -1.30. The van der Waals surface area contributed by atoms with E-state index in [2.05, 4.69) is 11.0 Å². The molecule has 0 amide bonds. The lowest BCUT2D eigenvalue weighted by Crippen LogP contribution is -2.06. The van der Waals surface area contributed by atoms with Gasteiger partial charge in [-0.2, -0.15) is 5.10 Å². The van der Waals surface area contributed by atoms with Gasteiger partial charge in [-0.25, -0.2) is 4.39 Å². The molecule has 0 saturated heterocycles. The number of hydrogen-bond acceptors (Lipinski definition) is 1. The normalized spacial score (nSPS) is 12.4. The molecule has 1 heterocycles. The summed E-state index contributed by atoms with van der Waals surface area (Å²) in [6.45, 7) is 2.07. The number of nitrogens with zero attached hydrogens (tertiary/aromatic N) is 2. The Morgan fingerprint density at radius 1 is 1.83 bits per heavy atom. The number of halogens is 1. The average molecular weight is 166 g/mol. The van der Waals surface area contributed by atoms with Gasteiger partial charge in [0.05, 0.1) is 12.4 Å². The van der Waals surface area contributed by atoms with Crippen molar-refractivity contribution >= 4 is 0 Å². The predicted molar refractivity (Wildman–Crippen MR) is 45.3 cm³/mol. The molecule has 0 fully saturated rings. The molecule has 0 saturated carbocycles. The molecule has 1 aromatic rings. The van der Waals surface area contributed by atoms with Gasteiger partial charge in [0.15, 0.2) is 0 Å². The Morgan fingerprint density at radius 2 is 2.58 bits per heavy atom. The van der Waals surface area contributed by atoms with Crippen LogP contribution >= 0.6 is 0 Å². The van der Waals surface area contributed by atoms with E-state index in [1.165, 1.54) is 6.92 Å². The summed E-state index contributed by atoms with van der Waals surface area (Å²) in [5.41, 5.74) is 0.704. The number of hydrogen-bond donors (Lipinski definition) is 0. The highest BCUT2D eigenvalue weighted by Crippen LogP contribution is 2.02. The fourth-order valence-electron chi connectivity index (χ4n) is 0.934. The third kappa shape index (κ3) is 2.09. The lowest BCUT2D eigenvalue weighted by molar-refractivity contribution is 0.319. The van der Waals surface area contributed by atoms with E-state index >= 15 is 0 Å². The first kappa shape index (κ1) is 8.79. The zero-order valence-corrected chi connectivity index (χ0v) is 7.00. The van der Waals surface area contributed by atoms with Crippen LogP contribution < -0.4 is 0 Å². The van der Waals surface area contributed by atoms with Gasteiger partial charge in [0, 0.05) is 6.54 Å². The van der Waals surface area contributed by atoms with Crippen LogP contribution in [0.3, 0.4) is 0 Å². The van der Waals surface area contributed by atoms with Crippen molar-refractivity contribution in [1.29, 1.82) is 0 Å². The maximum Gasteiger partial charge on any atom is 0.110 e. The summed E-state index contributed by atoms with van der Waals surface area (Å²) < 4.78 is 14.1. The van der Waals surface area contributed by atoms with Crippen molar-refractivity contribution in [2.75, 3.05) is 0 Å². The highest BCUT2D eigenvalue weighted by molar-refractivity contribution is 5.22. The minimum atomic E-state index is -0.806. The first-order valence-corrected chi connectivity index (χ1v) is 3.86. The molecule has 64 valence electrons. The lowest BCUT2D eigenvalue weighted by atomic mass is 10.3. The summed E-state index contributed by atoms with van der Waals surface area (Å²) in [6.07, 6.45) is 6.47. The van der Waals surface area contributed by atoms with Crippen LogP contribution in [0.15, 0.2) is 12.3 Å². The molecule has 0 aliphatic carbocycles. The highest BCUT2D eigenvalue weighted by Gasteiger charge is 2.01. The molecule has 0 radical (unpaired) electrons. The van der Waals surface area contributed by atoms with Crippen LogP contribution in [0.4, 0.5) is 4.39 Å². The fraction of sp³-hybridized carbons (Fsp3) is 0.444. The Labute approximate surface area is 71.4 Å². The van der Waals surface area contributed by atoms with Gasteiger partial charge in [0.2, 0.25) is 0 Å². The number of terminal acetylenes is 1. The molecule has 1 aromatic heterocycles. The molecule has 1 unspecified atom stereocenters. The minimum Gasteiger partial charge on any atom is -0.257 e. The number of aromatic nitrogens is 2. The molecular weight excluding hydrogens is 155 g/mol. The first-order valence-electron chi connectivity index (χ1n) is 3.86. The van der Waals surface area contributed by atoms with Gasteiger partial charge >= 0.3 is 0 Å². The first-order chi connectivity index (χ1) is 5.74. The largest absolute Gasteiger partial charge is 0.257 e. The number of aryl methyl sites for hydroxylation is 1. The predicted octanol–water partition coefficient (Wildman–Crippen LogP) is 1.61. The molecule has 1 atom stereocenters. The Morgan fingerprint density at radius 3 is 3.17 bits per heavy atom. The lowest BCUT2D eigenvalue weighted by Gasteiger charge is -2.03. The van der Waals surface area contributed by atoms with Crippen molar-refractivity contribution in [3.05, 3.63) is 18.0 Å². The van der Waals surface area contributed by atoms with Gasteiger partial charge in [-0.1, -0.05) is 5.92 Å². The van der Waals surface area contributed by atoms with Crippen LogP contribution in [0.5, 0.6) is 0 Å². The molecule has 0 aromatic carbocycles. The van der Waals surface area contributed by atoms with Gasteiger partial charge in [-0.05, 0) is 19.4 Å². The van der Waals surface area contributed by atoms with Gasteiger partial charge in [0.25, 0.3) is 0 Å². The van der Waals surface area contributed by atoms with E-state index in [1.54, 1.807) is 16.9 Å². The quantitative estimate of drug-likeness (QED) is 0.624. The molecule has 0 aliphatic rings. The molecule has 3 heteroatoms. The third-order valence-electron chi connectivity index (χ3n) is 1.60. The van der Waals surface area contributed by atoms with E-state index in [1.807, 2.05) is 0 Å². The Balaban J connectivity index is 2.58. The summed E-state index contributed by atoms with van der Waals surface area (Å²) in [5, 5.41) is 3.97. The minimum absolute atomic E-state index is 0.455. The zero-order chi connectivity index (χ0) is 8.97. The zero-order valence-electron chi connectivity index (χ0n) is 7.00. The summed E-state index contributed by atoms with van der Waals surface area (Å²) in [6, 6.07) is 1.74. The van der Waals surface area contributed by atoms with E-state index in [4.69, 9.17) is 6.42 Å². The van der Waals surface area contributed by atoms with E-state index in [9.17, 15) is 4.39 Å². The fourth-order valence-corrected chi connectivity index (χ4v) is 0.934. The van der Waals surface area contributed by atoms with Gasteiger partial charge in [0.1, 0.15) is 5.69 Å². The second kappa shape index (κ2) is 3.91. The van der Waals surface area contributed by atoms with Crippen LogP contribution in [-0.4, -0.2) is 16.0 Å².